The number of fused-ring (bicyclic) bond motifs is 1. The second kappa shape index (κ2) is 5.85. The minimum atomic E-state index is -1.23. The molecule has 114 valence electrons. The smallest absolute Gasteiger partial charge is 0.129 e. The fraction of sp³-hybridized carbons (Fsp3) is 0.889. The number of aliphatic hydroxyl groups is 1. The maximum atomic E-state index is 10.3. The van der Waals surface area contributed by atoms with Crippen molar-refractivity contribution in [1.82, 2.24) is 0 Å². The van der Waals surface area contributed by atoms with E-state index in [0.717, 1.165) is 18.8 Å². The molecule has 5 atom stereocenters. The van der Waals surface area contributed by atoms with E-state index in [4.69, 9.17) is 0 Å². The largest absolute Gasteiger partial charge is 0.393 e. The molecule has 2 rings (SSSR count). The van der Waals surface area contributed by atoms with E-state index in [9.17, 15) is 5.11 Å². The third-order valence-electron chi connectivity index (χ3n) is 5.74. The molecule has 1 N–H and O–H groups in total. The Bertz CT molecular complexity index is 400. The standard InChI is InChI=1S/C18H32OSi/c1-14(8-7-13-20(3,4)5)15-10-11-16-17(19)9-6-12-18(15,16)2/h14-17,19H,6,8-12H2,1-5H3/t14-,15-,16+,17+,18-/m1/s1. The Balaban J connectivity index is 2.03. The van der Waals surface area contributed by atoms with Crippen LogP contribution in [0.5, 0.6) is 0 Å². The molecule has 2 aliphatic carbocycles. The molecule has 0 aliphatic heterocycles. The van der Waals surface area contributed by atoms with Gasteiger partial charge in [-0.1, -0.05) is 39.9 Å². The van der Waals surface area contributed by atoms with E-state index < -0.39 is 8.07 Å². The van der Waals surface area contributed by atoms with E-state index in [2.05, 4.69) is 45.0 Å². The van der Waals surface area contributed by atoms with Gasteiger partial charge in [0.15, 0.2) is 0 Å². The van der Waals surface area contributed by atoms with Gasteiger partial charge in [0.25, 0.3) is 0 Å². The summed E-state index contributed by atoms with van der Waals surface area (Å²) in [6, 6.07) is 0. The molecule has 2 aliphatic rings. The lowest BCUT2D eigenvalue weighted by Gasteiger charge is -2.45. The fourth-order valence-electron chi connectivity index (χ4n) is 4.74. The normalized spacial score (nSPS) is 38.8. The van der Waals surface area contributed by atoms with Gasteiger partial charge >= 0.3 is 0 Å². The average molecular weight is 293 g/mol. The van der Waals surface area contributed by atoms with Crippen LogP contribution < -0.4 is 0 Å². The van der Waals surface area contributed by atoms with Crippen LogP contribution in [0.3, 0.4) is 0 Å². The maximum absolute atomic E-state index is 10.3. The van der Waals surface area contributed by atoms with Crippen molar-refractivity contribution in [2.24, 2.45) is 23.2 Å². The highest BCUT2D eigenvalue weighted by atomic mass is 28.3. The Morgan fingerprint density at radius 1 is 1.25 bits per heavy atom. The van der Waals surface area contributed by atoms with Crippen LogP contribution in [0.25, 0.3) is 0 Å². The Labute approximate surface area is 126 Å². The molecule has 0 unspecified atom stereocenters. The van der Waals surface area contributed by atoms with E-state index in [1.807, 2.05) is 0 Å². The van der Waals surface area contributed by atoms with Gasteiger partial charge < -0.3 is 5.11 Å². The fourth-order valence-corrected chi connectivity index (χ4v) is 5.38. The summed E-state index contributed by atoms with van der Waals surface area (Å²) in [5, 5.41) is 10.3. The van der Waals surface area contributed by atoms with Crippen molar-refractivity contribution in [2.45, 2.75) is 78.1 Å². The molecule has 2 saturated carbocycles. The van der Waals surface area contributed by atoms with Gasteiger partial charge in [0.05, 0.1) is 6.10 Å². The van der Waals surface area contributed by atoms with E-state index in [1.165, 1.54) is 25.7 Å². The van der Waals surface area contributed by atoms with E-state index >= 15 is 0 Å². The molecule has 20 heavy (non-hydrogen) atoms. The Hall–Kier alpha value is -0.263. The molecule has 2 heteroatoms. The van der Waals surface area contributed by atoms with Crippen LogP contribution in [0.15, 0.2) is 0 Å². The Morgan fingerprint density at radius 2 is 1.95 bits per heavy atom. The summed E-state index contributed by atoms with van der Waals surface area (Å²) < 4.78 is 0. The van der Waals surface area contributed by atoms with Crippen molar-refractivity contribution >= 4 is 8.07 Å². The molecule has 0 amide bonds. The molecule has 0 aromatic carbocycles. The van der Waals surface area contributed by atoms with Crippen molar-refractivity contribution in [3.8, 4) is 11.5 Å². The summed E-state index contributed by atoms with van der Waals surface area (Å²) in [7, 11) is -1.23. The Kier molecular flexibility index (Phi) is 4.71. The minimum Gasteiger partial charge on any atom is -0.393 e. The first-order valence-corrected chi connectivity index (χ1v) is 11.9. The topological polar surface area (TPSA) is 20.2 Å². The lowest BCUT2D eigenvalue weighted by molar-refractivity contribution is -0.0264. The zero-order valence-electron chi connectivity index (χ0n) is 14.0. The van der Waals surface area contributed by atoms with Crippen molar-refractivity contribution in [2.75, 3.05) is 0 Å². The molecule has 0 heterocycles. The van der Waals surface area contributed by atoms with Crippen molar-refractivity contribution < 1.29 is 5.11 Å². The van der Waals surface area contributed by atoms with Crippen LogP contribution in [0.4, 0.5) is 0 Å². The van der Waals surface area contributed by atoms with Crippen LogP contribution in [0.1, 0.15) is 52.4 Å². The first kappa shape index (κ1) is 16.1. The van der Waals surface area contributed by atoms with Gasteiger partial charge in [-0.3, -0.25) is 0 Å². The molecule has 2 fully saturated rings. The predicted octanol–water partition coefficient (Wildman–Crippen LogP) is 4.47. The van der Waals surface area contributed by atoms with Gasteiger partial charge in [0.1, 0.15) is 8.07 Å². The van der Waals surface area contributed by atoms with E-state index in [0.29, 0.717) is 17.3 Å². The van der Waals surface area contributed by atoms with Gasteiger partial charge in [0.2, 0.25) is 0 Å². The molecule has 0 bridgehead atoms. The van der Waals surface area contributed by atoms with Crippen LogP contribution in [-0.4, -0.2) is 19.3 Å². The van der Waals surface area contributed by atoms with Crippen LogP contribution in [0, 0.1) is 34.6 Å². The first-order valence-electron chi connectivity index (χ1n) is 8.42. The molecular weight excluding hydrogens is 260 g/mol. The molecular formula is C18H32OSi. The number of rotatable bonds is 2. The molecule has 0 aromatic heterocycles. The van der Waals surface area contributed by atoms with Crippen LogP contribution >= 0.6 is 0 Å². The highest BCUT2D eigenvalue weighted by Gasteiger charge is 2.51. The molecule has 0 spiro atoms. The first-order chi connectivity index (χ1) is 9.24. The molecule has 0 radical (unpaired) electrons. The summed E-state index contributed by atoms with van der Waals surface area (Å²) in [5.74, 6) is 5.47. The highest BCUT2D eigenvalue weighted by molar-refractivity contribution is 6.83. The van der Waals surface area contributed by atoms with Gasteiger partial charge in [-0.25, -0.2) is 0 Å². The highest BCUT2D eigenvalue weighted by Crippen LogP contribution is 2.58. The summed E-state index contributed by atoms with van der Waals surface area (Å²) >= 11 is 0. The lowest BCUT2D eigenvalue weighted by atomic mass is 9.61. The van der Waals surface area contributed by atoms with Crippen LogP contribution in [0.2, 0.25) is 19.6 Å². The summed E-state index contributed by atoms with van der Waals surface area (Å²) in [4.78, 5) is 0. The number of hydrogen-bond donors (Lipinski definition) is 1. The summed E-state index contributed by atoms with van der Waals surface area (Å²) in [5.41, 5.74) is 3.88. The second-order valence-corrected chi connectivity index (χ2v) is 13.2. The lowest BCUT2D eigenvalue weighted by Crippen LogP contribution is -2.41. The van der Waals surface area contributed by atoms with Gasteiger partial charge in [-0.15, -0.1) is 11.5 Å². The van der Waals surface area contributed by atoms with Crippen molar-refractivity contribution in [1.29, 1.82) is 0 Å². The zero-order valence-corrected chi connectivity index (χ0v) is 15.0. The van der Waals surface area contributed by atoms with Crippen LogP contribution in [-0.2, 0) is 0 Å². The van der Waals surface area contributed by atoms with Crippen molar-refractivity contribution in [3.63, 3.8) is 0 Å². The SMILES string of the molecule is C[C@H](CC#C[Si](C)(C)C)[C@H]1CC[C@H]2[C@@H](O)CCC[C@]12C. The number of hydrogen-bond acceptors (Lipinski definition) is 1. The quantitative estimate of drug-likeness (QED) is 0.588. The van der Waals surface area contributed by atoms with E-state index in [1.54, 1.807) is 0 Å². The third kappa shape index (κ3) is 3.31. The third-order valence-corrected chi connectivity index (χ3v) is 6.66. The monoisotopic (exact) mass is 292 g/mol. The number of aliphatic hydroxyl groups excluding tert-OH is 1. The molecule has 0 saturated heterocycles. The summed E-state index contributed by atoms with van der Waals surface area (Å²) in [6.07, 6.45) is 7.08. The summed E-state index contributed by atoms with van der Waals surface area (Å²) in [6.45, 7) is 11.8. The molecule has 1 nitrogen and oxygen atoms in total. The van der Waals surface area contributed by atoms with Gasteiger partial charge in [0, 0.05) is 6.42 Å². The Morgan fingerprint density at radius 3 is 2.60 bits per heavy atom. The van der Waals surface area contributed by atoms with E-state index in [-0.39, 0.29) is 6.10 Å². The zero-order chi connectivity index (χ0) is 15.0. The van der Waals surface area contributed by atoms with Crippen molar-refractivity contribution in [3.05, 3.63) is 0 Å². The predicted molar refractivity (Wildman–Crippen MR) is 89.1 cm³/mol. The average Bonchev–Trinajstić information content (AvgIpc) is 2.66. The maximum Gasteiger partial charge on any atom is 0.129 e. The molecule has 0 aromatic rings. The minimum absolute atomic E-state index is 0.0426. The second-order valence-electron chi connectivity index (χ2n) is 8.49. The van der Waals surface area contributed by atoms with Gasteiger partial charge in [-0.2, -0.15) is 0 Å². The van der Waals surface area contributed by atoms with Gasteiger partial charge in [-0.05, 0) is 48.9 Å².